The van der Waals surface area contributed by atoms with E-state index in [1.54, 1.807) is 12.1 Å². The average Bonchev–Trinajstić information content (AvgIpc) is 3.33. The van der Waals surface area contributed by atoms with Crippen LogP contribution < -0.4 is 5.32 Å². The summed E-state index contributed by atoms with van der Waals surface area (Å²) in [5, 5.41) is 3.02. The molecular formula is C23H31N3O3S. The van der Waals surface area contributed by atoms with Crippen molar-refractivity contribution >= 4 is 15.9 Å². The fourth-order valence-corrected chi connectivity index (χ4v) is 5.46. The predicted octanol–water partition coefficient (Wildman–Crippen LogP) is 3.28. The van der Waals surface area contributed by atoms with E-state index >= 15 is 0 Å². The van der Waals surface area contributed by atoms with Crippen molar-refractivity contribution in [2.24, 2.45) is 0 Å². The molecule has 1 fully saturated rings. The van der Waals surface area contributed by atoms with E-state index in [-0.39, 0.29) is 16.8 Å². The van der Waals surface area contributed by atoms with Crippen molar-refractivity contribution < 1.29 is 13.2 Å². The Morgan fingerprint density at radius 3 is 2.17 bits per heavy atom. The van der Waals surface area contributed by atoms with E-state index in [9.17, 15) is 13.2 Å². The summed E-state index contributed by atoms with van der Waals surface area (Å²) in [6.07, 6.45) is 1.80. The van der Waals surface area contributed by atoms with Crippen LogP contribution in [-0.4, -0.2) is 56.3 Å². The van der Waals surface area contributed by atoms with Crippen molar-refractivity contribution in [3.05, 3.63) is 65.7 Å². The van der Waals surface area contributed by atoms with Gasteiger partial charge >= 0.3 is 0 Å². The van der Waals surface area contributed by atoms with Gasteiger partial charge in [-0.1, -0.05) is 44.2 Å². The second-order valence-electron chi connectivity index (χ2n) is 7.49. The lowest BCUT2D eigenvalue weighted by Crippen LogP contribution is -2.38. The Bertz CT molecular complexity index is 920. The fourth-order valence-electron chi connectivity index (χ4n) is 3.94. The van der Waals surface area contributed by atoms with E-state index in [4.69, 9.17) is 0 Å². The second-order valence-corrected chi connectivity index (χ2v) is 9.43. The van der Waals surface area contributed by atoms with Gasteiger partial charge in [-0.05, 0) is 55.8 Å². The van der Waals surface area contributed by atoms with Gasteiger partial charge < -0.3 is 5.32 Å². The number of carbonyl (C=O) groups is 1. The Balaban J connectivity index is 1.69. The number of amides is 1. The minimum absolute atomic E-state index is 0.0833. The number of sulfonamides is 1. The molecule has 1 heterocycles. The topological polar surface area (TPSA) is 69.7 Å². The number of hydrogen-bond donors (Lipinski definition) is 1. The van der Waals surface area contributed by atoms with Crippen LogP contribution in [0.5, 0.6) is 0 Å². The van der Waals surface area contributed by atoms with Gasteiger partial charge in [0.15, 0.2) is 0 Å². The van der Waals surface area contributed by atoms with Crippen molar-refractivity contribution in [3.8, 4) is 0 Å². The molecule has 0 bridgehead atoms. The van der Waals surface area contributed by atoms with Crippen molar-refractivity contribution in [2.45, 2.75) is 37.6 Å². The lowest BCUT2D eigenvalue weighted by molar-refractivity contribution is 0.0935. The molecule has 0 radical (unpaired) electrons. The first-order valence-electron chi connectivity index (χ1n) is 10.6. The van der Waals surface area contributed by atoms with E-state index in [2.05, 4.69) is 36.2 Å². The summed E-state index contributed by atoms with van der Waals surface area (Å²) in [6.45, 7) is 7.61. The van der Waals surface area contributed by atoms with Crippen LogP contribution in [0.3, 0.4) is 0 Å². The Morgan fingerprint density at radius 1 is 1.00 bits per heavy atom. The summed E-state index contributed by atoms with van der Waals surface area (Å²) in [7, 11) is -3.47. The minimum atomic E-state index is -3.47. The van der Waals surface area contributed by atoms with Crippen LogP contribution in [0, 0.1) is 0 Å². The van der Waals surface area contributed by atoms with Gasteiger partial charge in [0.25, 0.3) is 5.91 Å². The number of nitrogens with zero attached hydrogens (tertiary/aromatic N) is 2. The minimum Gasteiger partial charge on any atom is -0.350 e. The monoisotopic (exact) mass is 429 g/mol. The molecule has 1 atom stereocenters. The number of hydrogen-bond acceptors (Lipinski definition) is 4. The van der Waals surface area contributed by atoms with E-state index in [0.29, 0.717) is 25.2 Å². The molecule has 2 aromatic rings. The van der Waals surface area contributed by atoms with Crippen LogP contribution in [-0.2, 0) is 10.0 Å². The van der Waals surface area contributed by atoms with Crippen LogP contribution in [0.4, 0.5) is 0 Å². The summed E-state index contributed by atoms with van der Waals surface area (Å²) in [5.41, 5.74) is 1.62. The molecule has 7 heteroatoms. The number of rotatable bonds is 9. The zero-order valence-corrected chi connectivity index (χ0v) is 18.6. The lowest BCUT2D eigenvalue weighted by atomic mass is 10.0. The standard InChI is InChI=1S/C23H31N3O3S/c1-3-25(4-2)22(19-10-6-5-7-11-19)18-24-23(27)20-12-14-21(15-13-20)30(28,29)26-16-8-9-17-26/h5-7,10-15,22H,3-4,8-9,16-18H2,1-2H3,(H,24,27)/t22-/m0/s1. The van der Waals surface area contributed by atoms with Crippen LogP contribution in [0.2, 0.25) is 0 Å². The van der Waals surface area contributed by atoms with Gasteiger partial charge in [-0.15, -0.1) is 0 Å². The third-order valence-electron chi connectivity index (χ3n) is 5.71. The molecule has 0 aromatic heterocycles. The molecule has 0 spiro atoms. The first kappa shape index (κ1) is 22.5. The highest BCUT2D eigenvalue weighted by molar-refractivity contribution is 7.89. The van der Waals surface area contributed by atoms with E-state index in [0.717, 1.165) is 31.5 Å². The first-order chi connectivity index (χ1) is 14.5. The van der Waals surface area contributed by atoms with Crippen LogP contribution >= 0.6 is 0 Å². The zero-order valence-electron chi connectivity index (χ0n) is 17.8. The van der Waals surface area contributed by atoms with Gasteiger partial charge in [0, 0.05) is 25.2 Å². The molecule has 2 aromatic carbocycles. The maximum absolute atomic E-state index is 12.7. The number of nitrogens with one attached hydrogen (secondary N) is 1. The fraction of sp³-hybridized carbons (Fsp3) is 0.435. The Hall–Kier alpha value is -2.22. The highest BCUT2D eigenvalue weighted by Gasteiger charge is 2.27. The normalized spacial score (nSPS) is 16.0. The molecule has 162 valence electrons. The Labute approximate surface area is 179 Å². The number of benzene rings is 2. The summed E-state index contributed by atoms with van der Waals surface area (Å²) in [5.74, 6) is -0.201. The lowest BCUT2D eigenvalue weighted by Gasteiger charge is -2.30. The highest BCUT2D eigenvalue weighted by Crippen LogP contribution is 2.22. The Kier molecular flexibility index (Phi) is 7.64. The molecule has 3 rings (SSSR count). The summed E-state index contributed by atoms with van der Waals surface area (Å²) >= 11 is 0. The number of likely N-dealkylation sites (N-methyl/N-ethyl adjacent to an activating group) is 1. The molecule has 6 nitrogen and oxygen atoms in total. The third-order valence-corrected chi connectivity index (χ3v) is 7.63. The summed E-state index contributed by atoms with van der Waals surface area (Å²) < 4.78 is 26.8. The van der Waals surface area contributed by atoms with Crippen molar-refractivity contribution in [2.75, 3.05) is 32.7 Å². The maximum atomic E-state index is 12.7. The van der Waals surface area contributed by atoms with Crippen LogP contribution in [0.1, 0.15) is 48.7 Å². The van der Waals surface area contributed by atoms with Crippen LogP contribution in [0.15, 0.2) is 59.5 Å². The predicted molar refractivity (Wildman–Crippen MR) is 119 cm³/mol. The summed E-state index contributed by atoms with van der Waals surface area (Å²) in [4.78, 5) is 15.3. The van der Waals surface area contributed by atoms with Gasteiger partial charge in [0.2, 0.25) is 10.0 Å². The van der Waals surface area contributed by atoms with Crippen molar-refractivity contribution in [3.63, 3.8) is 0 Å². The van der Waals surface area contributed by atoms with Crippen molar-refractivity contribution in [1.82, 2.24) is 14.5 Å². The van der Waals surface area contributed by atoms with E-state index in [1.165, 1.54) is 16.4 Å². The van der Waals surface area contributed by atoms with Gasteiger partial charge in [0.1, 0.15) is 0 Å². The molecule has 30 heavy (non-hydrogen) atoms. The second kappa shape index (κ2) is 10.2. The molecular weight excluding hydrogens is 398 g/mol. The molecule has 1 amide bonds. The first-order valence-corrected chi connectivity index (χ1v) is 12.1. The molecule has 1 saturated heterocycles. The molecule has 0 aliphatic carbocycles. The largest absolute Gasteiger partial charge is 0.350 e. The Morgan fingerprint density at radius 2 is 1.60 bits per heavy atom. The quantitative estimate of drug-likeness (QED) is 0.664. The smallest absolute Gasteiger partial charge is 0.251 e. The highest BCUT2D eigenvalue weighted by atomic mass is 32.2. The maximum Gasteiger partial charge on any atom is 0.251 e. The molecule has 1 aliphatic rings. The average molecular weight is 430 g/mol. The summed E-state index contributed by atoms with van der Waals surface area (Å²) in [6, 6.07) is 16.5. The number of carbonyl (C=O) groups excluding carboxylic acids is 1. The van der Waals surface area contributed by atoms with Gasteiger partial charge in [-0.3, -0.25) is 9.69 Å². The SMILES string of the molecule is CCN(CC)[C@@H](CNC(=O)c1ccc(S(=O)(=O)N2CCCC2)cc1)c1ccccc1. The van der Waals surface area contributed by atoms with Crippen molar-refractivity contribution in [1.29, 1.82) is 0 Å². The molecule has 1 aliphatic heterocycles. The van der Waals surface area contributed by atoms with Gasteiger partial charge in [-0.25, -0.2) is 8.42 Å². The van der Waals surface area contributed by atoms with Gasteiger partial charge in [0.05, 0.1) is 10.9 Å². The third kappa shape index (κ3) is 5.09. The van der Waals surface area contributed by atoms with Crippen LogP contribution in [0.25, 0.3) is 0 Å². The van der Waals surface area contributed by atoms with E-state index < -0.39 is 10.0 Å². The molecule has 0 saturated carbocycles. The molecule has 0 unspecified atom stereocenters. The zero-order chi connectivity index (χ0) is 21.6. The van der Waals surface area contributed by atoms with Gasteiger partial charge in [-0.2, -0.15) is 4.31 Å². The molecule has 1 N–H and O–H groups in total. The van der Waals surface area contributed by atoms with E-state index in [1.807, 2.05) is 18.2 Å².